The van der Waals surface area contributed by atoms with Crippen LogP contribution in [0.4, 0.5) is 0 Å². The van der Waals surface area contributed by atoms with Gasteiger partial charge in [0.05, 0.1) is 5.41 Å². The highest BCUT2D eigenvalue weighted by Crippen LogP contribution is 2.40. The average Bonchev–Trinajstić information content (AvgIpc) is 3.04. The second kappa shape index (κ2) is 8.34. The molecule has 2 aromatic carbocycles. The molecule has 0 saturated carbocycles. The molecule has 5 heteroatoms. The van der Waals surface area contributed by atoms with Gasteiger partial charge >= 0.3 is 5.97 Å². The molecule has 0 spiro atoms. The summed E-state index contributed by atoms with van der Waals surface area (Å²) in [7, 11) is 0. The van der Waals surface area contributed by atoms with Crippen LogP contribution in [0.15, 0.2) is 54.6 Å². The molecule has 0 radical (unpaired) electrons. The molecule has 1 aliphatic carbocycles. The first-order valence-electron chi connectivity index (χ1n) is 10.6. The van der Waals surface area contributed by atoms with Crippen LogP contribution in [0.5, 0.6) is 0 Å². The standard InChI is InChI=1S/C25H28N2O3/c1-25(24(30)26-15-7-10-18-8-3-2-4-9-18)14-13-22-20(16-25)19-11-5-6-12-21(19)27(22)17-23(28)29/h2-6,8-9,11-12H,7,10,13-17H2,1H3,(H,26,30)(H,28,29). The Bertz CT molecular complexity index is 1070. The highest BCUT2D eigenvalue weighted by Gasteiger charge is 2.39. The summed E-state index contributed by atoms with van der Waals surface area (Å²) in [6.45, 7) is 2.65. The van der Waals surface area contributed by atoms with Crippen LogP contribution in [0.3, 0.4) is 0 Å². The molecule has 0 fully saturated rings. The van der Waals surface area contributed by atoms with Crippen molar-refractivity contribution >= 4 is 22.8 Å². The molecule has 30 heavy (non-hydrogen) atoms. The number of rotatable bonds is 7. The van der Waals surface area contributed by atoms with E-state index in [0.717, 1.165) is 41.4 Å². The molecule has 4 rings (SSSR count). The van der Waals surface area contributed by atoms with Crippen molar-refractivity contribution < 1.29 is 14.7 Å². The number of hydrogen-bond acceptors (Lipinski definition) is 2. The Balaban J connectivity index is 1.47. The summed E-state index contributed by atoms with van der Waals surface area (Å²) >= 11 is 0. The summed E-state index contributed by atoms with van der Waals surface area (Å²) in [4.78, 5) is 24.4. The number of carboxylic acids is 1. The van der Waals surface area contributed by atoms with Crippen LogP contribution in [0, 0.1) is 5.41 Å². The van der Waals surface area contributed by atoms with Crippen LogP contribution >= 0.6 is 0 Å². The topological polar surface area (TPSA) is 71.3 Å². The summed E-state index contributed by atoms with van der Waals surface area (Å²) < 4.78 is 1.91. The van der Waals surface area contributed by atoms with E-state index in [1.807, 2.05) is 54.0 Å². The lowest BCUT2D eigenvalue weighted by atomic mass is 9.73. The Morgan fingerprint density at radius 2 is 1.83 bits per heavy atom. The van der Waals surface area contributed by atoms with Crippen molar-refractivity contribution in [2.75, 3.05) is 6.54 Å². The molecule has 0 aliphatic heterocycles. The lowest BCUT2D eigenvalue weighted by Crippen LogP contribution is -2.43. The first kappa shape index (κ1) is 20.2. The number of nitrogens with zero attached hydrogens (tertiary/aromatic N) is 1. The fourth-order valence-corrected chi connectivity index (χ4v) is 4.65. The van der Waals surface area contributed by atoms with Gasteiger partial charge in [-0.2, -0.15) is 0 Å². The first-order valence-corrected chi connectivity index (χ1v) is 10.6. The lowest BCUT2D eigenvalue weighted by molar-refractivity contribution is -0.137. The van der Waals surface area contributed by atoms with E-state index in [9.17, 15) is 14.7 Å². The van der Waals surface area contributed by atoms with Gasteiger partial charge in [-0.15, -0.1) is 0 Å². The van der Waals surface area contributed by atoms with Gasteiger partial charge in [-0.3, -0.25) is 9.59 Å². The van der Waals surface area contributed by atoms with Gasteiger partial charge in [0.15, 0.2) is 0 Å². The molecule has 1 heterocycles. The normalized spacial score (nSPS) is 18.2. The minimum absolute atomic E-state index is 0.0434. The second-order valence-corrected chi connectivity index (χ2v) is 8.50. The van der Waals surface area contributed by atoms with Crippen molar-refractivity contribution in [3.05, 3.63) is 71.4 Å². The third-order valence-electron chi connectivity index (χ3n) is 6.29. The van der Waals surface area contributed by atoms with Crippen LogP contribution in [0.2, 0.25) is 0 Å². The Morgan fingerprint density at radius 3 is 2.60 bits per heavy atom. The Hall–Kier alpha value is -3.08. The van der Waals surface area contributed by atoms with E-state index >= 15 is 0 Å². The van der Waals surface area contributed by atoms with Crippen molar-refractivity contribution in [1.29, 1.82) is 0 Å². The smallest absolute Gasteiger partial charge is 0.323 e. The lowest BCUT2D eigenvalue weighted by Gasteiger charge is -2.33. The van der Waals surface area contributed by atoms with Gasteiger partial charge < -0.3 is 15.0 Å². The number of aliphatic carboxylic acids is 1. The molecule has 1 aromatic heterocycles. The van der Waals surface area contributed by atoms with Gasteiger partial charge in [0.2, 0.25) is 5.91 Å². The Labute approximate surface area is 176 Å². The van der Waals surface area contributed by atoms with Crippen molar-refractivity contribution in [2.24, 2.45) is 5.41 Å². The quantitative estimate of drug-likeness (QED) is 0.586. The van der Waals surface area contributed by atoms with Crippen molar-refractivity contribution in [3.8, 4) is 0 Å². The third kappa shape index (κ3) is 3.97. The number of carbonyl (C=O) groups excluding carboxylic acids is 1. The van der Waals surface area contributed by atoms with E-state index in [-0.39, 0.29) is 12.5 Å². The third-order valence-corrected chi connectivity index (χ3v) is 6.29. The number of hydrogen-bond donors (Lipinski definition) is 2. The molecule has 5 nitrogen and oxygen atoms in total. The van der Waals surface area contributed by atoms with E-state index in [2.05, 4.69) is 17.4 Å². The van der Waals surface area contributed by atoms with Gasteiger partial charge in [0.25, 0.3) is 0 Å². The van der Waals surface area contributed by atoms with Crippen molar-refractivity contribution in [1.82, 2.24) is 9.88 Å². The summed E-state index contributed by atoms with van der Waals surface area (Å²) in [5, 5.41) is 13.6. The molecular weight excluding hydrogens is 376 g/mol. The van der Waals surface area contributed by atoms with Gasteiger partial charge in [-0.1, -0.05) is 55.5 Å². The van der Waals surface area contributed by atoms with E-state index in [1.54, 1.807) is 0 Å². The monoisotopic (exact) mass is 404 g/mol. The SMILES string of the molecule is CC1(C(=O)NCCCc2ccccc2)CCc2c(c3ccccc3n2CC(=O)O)C1. The molecule has 0 saturated heterocycles. The van der Waals surface area contributed by atoms with Crippen LogP contribution in [0.1, 0.15) is 36.6 Å². The summed E-state index contributed by atoms with van der Waals surface area (Å²) in [5.74, 6) is -0.751. The number of aromatic nitrogens is 1. The maximum Gasteiger partial charge on any atom is 0.323 e. The Morgan fingerprint density at radius 1 is 1.10 bits per heavy atom. The average molecular weight is 405 g/mol. The number of fused-ring (bicyclic) bond motifs is 3. The van der Waals surface area contributed by atoms with Crippen LogP contribution in [-0.2, 0) is 35.4 Å². The first-order chi connectivity index (χ1) is 14.5. The van der Waals surface area contributed by atoms with Crippen LogP contribution in [-0.4, -0.2) is 28.1 Å². The van der Waals surface area contributed by atoms with Gasteiger partial charge in [0, 0.05) is 23.1 Å². The van der Waals surface area contributed by atoms with Gasteiger partial charge in [-0.25, -0.2) is 0 Å². The van der Waals surface area contributed by atoms with E-state index in [4.69, 9.17) is 0 Å². The zero-order valence-electron chi connectivity index (χ0n) is 17.4. The predicted molar refractivity (Wildman–Crippen MR) is 117 cm³/mol. The molecular formula is C25H28N2O3. The van der Waals surface area contributed by atoms with Crippen molar-refractivity contribution in [3.63, 3.8) is 0 Å². The summed E-state index contributed by atoms with van der Waals surface area (Å²) in [5.41, 5.74) is 3.94. The van der Waals surface area contributed by atoms with E-state index in [0.29, 0.717) is 19.4 Å². The molecule has 156 valence electrons. The number of amides is 1. The van der Waals surface area contributed by atoms with E-state index in [1.165, 1.54) is 5.56 Å². The maximum atomic E-state index is 13.0. The molecule has 3 aromatic rings. The number of carboxylic acid groups (broad SMARTS) is 1. The number of aryl methyl sites for hydroxylation is 1. The molecule has 1 aliphatic rings. The Kier molecular flexibility index (Phi) is 5.62. The number of para-hydroxylation sites is 1. The fraction of sp³-hybridized carbons (Fsp3) is 0.360. The summed E-state index contributed by atoms with van der Waals surface area (Å²) in [6, 6.07) is 18.2. The zero-order chi connectivity index (χ0) is 21.1. The number of carbonyl (C=O) groups is 2. The number of benzene rings is 2. The van der Waals surface area contributed by atoms with Crippen LogP contribution < -0.4 is 5.32 Å². The van der Waals surface area contributed by atoms with Crippen LogP contribution in [0.25, 0.3) is 10.9 Å². The fourth-order valence-electron chi connectivity index (χ4n) is 4.65. The molecule has 1 unspecified atom stereocenters. The second-order valence-electron chi connectivity index (χ2n) is 8.50. The molecule has 1 amide bonds. The van der Waals surface area contributed by atoms with Gasteiger partial charge in [0.1, 0.15) is 6.54 Å². The van der Waals surface area contributed by atoms with E-state index < -0.39 is 11.4 Å². The minimum Gasteiger partial charge on any atom is -0.480 e. The predicted octanol–water partition coefficient (Wildman–Crippen LogP) is 3.97. The molecule has 0 bridgehead atoms. The number of nitrogens with one attached hydrogen (secondary N) is 1. The molecule has 2 N–H and O–H groups in total. The largest absolute Gasteiger partial charge is 0.480 e. The van der Waals surface area contributed by atoms with Crippen molar-refractivity contribution in [2.45, 2.75) is 45.6 Å². The highest BCUT2D eigenvalue weighted by molar-refractivity contribution is 5.89. The zero-order valence-corrected chi connectivity index (χ0v) is 17.4. The minimum atomic E-state index is -0.844. The maximum absolute atomic E-state index is 13.0. The molecule has 1 atom stereocenters. The highest BCUT2D eigenvalue weighted by atomic mass is 16.4. The summed E-state index contributed by atoms with van der Waals surface area (Å²) in [6.07, 6.45) is 3.94. The van der Waals surface area contributed by atoms with Gasteiger partial charge in [-0.05, 0) is 49.3 Å².